The number of hydrogen-bond acceptors (Lipinski definition) is 5. The summed E-state index contributed by atoms with van der Waals surface area (Å²) in [4.78, 5) is 24.3. The number of aliphatic hydroxyl groups excluding tert-OH is 2. The van der Waals surface area contributed by atoms with E-state index in [0.717, 1.165) is 25.7 Å². The number of carbonyl (C=O) groups is 2. The molecule has 0 aromatic heterocycles. The normalized spacial score (nSPS) is 47.8. The van der Waals surface area contributed by atoms with Gasteiger partial charge in [0.05, 0.1) is 6.10 Å². The zero-order valence-corrected chi connectivity index (χ0v) is 15.6. The second-order valence-corrected chi connectivity index (χ2v) is 9.57. The Hall–Kier alpha value is -1.04. The molecule has 26 heavy (non-hydrogen) atoms. The van der Waals surface area contributed by atoms with E-state index in [9.17, 15) is 24.9 Å². The van der Waals surface area contributed by atoms with Crippen molar-refractivity contribution < 1.29 is 24.9 Å². The van der Waals surface area contributed by atoms with Crippen molar-refractivity contribution in [2.24, 2.45) is 34.5 Å². The van der Waals surface area contributed by atoms with E-state index in [-0.39, 0.29) is 28.4 Å². The van der Waals surface area contributed by atoms with Crippen LogP contribution in [0.2, 0.25) is 0 Å². The minimum atomic E-state index is -1.92. The lowest BCUT2D eigenvalue weighted by Gasteiger charge is -2.59. The zero-order valence-electron chi connectivity index (χ0n) is 15.6. The monoisotopic (exact) mass is 362 g/mol. The summed E-state index contributed by atoms with van der Waals surface area (Å²) in [5.41, 5.74) is 0.702. The van der Waals surface area contributed by atoms with Gasteiger partial charge in [0.15, 0.2) is 11.6 Å². The molecule has 5 nitrogen and oxygen atoms in total. The quantitative estimate of drug-likeness (QED) is 0.653. The predicted octanol–water partition coefficient (Wildman–Crippen LogP) is 1.99. The Morgan fingerprint density at radius 2 is 1.92 bits per heavy atom. The van der Waals surface area contributed by atoms with Crippen LogP contribution in [0.1, 0.15) is 58.8 Å². The van der Waals surface area contributed by atoms with Gasteiger partial charge in [-0.15, -0.1) is 0 Å². The number of hydrogen-bond donors (Lipinski definition) is 3. The highest BCUT2D eigenvalue weighted by molar-refractivity contribution is 5.91. The zero-order chi connectivity index (χ0) is 18.9. The largest absolute Gasteiger partial charge is 0.393 e. The van der Waals surface area contributed by atoms with E-state index in [1.54, 1.807) is 0 Å². The van der Waals surface area contributed by atoms with Crippen LogP contribution in [0.3, 0.4) is 0 Å². The lowest BCUT2D eigenvalue weighted by molar-refractivity contribution is -0.163. The Morgan fingerprint density at radius 3 is 2.62 bits per heavy atom. The van der Waals surface area contributed by atoms with Gasteiger partial charge in [-0.05, 0) is 73.2 Å². The molecule has 4 aliphatic carbocycles. The Bertz CT molecular complexity index is 667. The van der Waals surface area contributed by atoms with E-state index in [4.69, 9.17) is 0 Å². The minimum Gasteiger partial charge on any atom is -0.393 e. The van der Waals surface area contributed by atoms with Crippen molar-refractivity contribution in [3.63, 3.8) is 0 Å². The first kappa shape index (κ1) is 18.3. The van der Waals surface area contributed by atoms with Crippen LogP contribution in [0.5, 0.6) is 0 Å². The maximum Gasteiger partial charge on any atom is 0.213 e. The van der Waals surface area contributed by atoms with Crippen LogP contribution >= 0.6 is 0 Å². The van der Waals surface area contributed by atoms with E-state index in [2.05, 4.69) is 13.8 Å². The number of aliphatic hydroxyl groups is 3. The summed E-state index contributed by atoms with van der Waals surface area (Å²) in [6, 6.07) is 0. The number of Topliss-reactive ketones (excluding diaryl/α,β-unsaturated/α-hetero) is 1. The lowest BCUT2D eigenvalue weighted by atomic mass is 9.46. The van der Waals surface area contributed by atoms with Crippen molar-refractivity contribution >= 4 is 11.6 Å². The summed E-state index contributed by atoms with van der Waals surface area (Å²) in [7, 11) is 0. The molecule has 5 heteroatoms. The maximum atomic E-state index is 12.4. The van der Waals surface area contributed by atoms with Crippen LogP contribution in [-0.4, -0.2) is 39.3 Å². The summed E-state index contributed by atoms with van der Waals surface area (Å²) in [5, 5.41) is 30.0. The van der Waals surface area contributed by atoms with Gasteiger partial charge in [0.25, 0.3) is 0 Å². The van der Waals surface area contributed by atoms with Crippen LogP contribution in [0.25, 0.3) is 0 Å². The Labute approximate surface area is 154 Å². The van der Waals surface area contributed by atoms with Crippen LogP contribution in [-0.2, 0) is 9.59 Å². The van der Waals surface area contributed by atoms with Gasteiger partial charge in [-0.25, -0.2) is 0 Å². The molecule has 144 valence electrons. The van der Waals surface area contributed by atoms with E-state index in [1.807, 2.05) is 6.08 Å². The highest BCUT2D eigenvalue weighted by atomic mass is 16.5. The van der Waals surface area contributed by atoms with Crippen LogP contribution < -0.4 is 0 Å². The number of rotatable bonds is 2. The van der Waals surface area contributed by atoms with Crippen molar-refractivity contribution in [3.8, 4) is 0 Å². The molecule has 4 rings (SSSR count). The molecule has 0 heterocycles. The van der Waals surface area contributed by atoms with Crippen LogP contribution in [0.4, 0.5) is 0 Å². The minimum absolute atomic E-state index is 0.126. The van der Waals surface area contributed by atoms with Crippen molar-refractivity contribution in [1.29, 1.82) is 0 Å². The van der Waals surface area contributed by atoms with Gasteiger partial charge in [-0.2, -0.15) is 0 Å². The van der Waals surface area contributed by atoms with Gasteiger partial charge < -0.3 is 15.3 Å². The van der Waals surface area contributed by atoms with E-state index in [1.165, 1.54) is 5.57 Å². The molecule has 3 saturated carbocycles. The van der Waals surface area contributed by atoms with Crippen molar-refractivity contribution in [1.82, 2.24) is 0 Å². The van der Waals surface area contributed by atoms with E-state index in [0.29, 0.717) is 31.1 Å². The second kappa shape index (κ2) is 5.98. The molecule has 3 fully saturated rings. The lowest BCUT2D eigenvalue weighted by Crippen LogP contribution is -2.57. The molecule has 7 atom stereocenters. The predicted molar refractivity (Wildman–Crippen MR) is 94.8 cm³/mol. The first-order valence-electron chi connectivity index (χ1n) is 10.0. The topological polar surface area (TPSA) is 94.8 Å². The fourth-order valence-electron chi connectivity index (χ4n) is 7.33. The van der Waals surface area contributed by atoms with E-state index < -0.39 is 18.2 Å². The molecule has 0 amide bonds. The summed E-state index contributed by atoms with van der Waals surface area (Å²) in [6.07, 6.45) is 4.67. The highest BCUT2D eigenvalue weighted by Crippen LogP contribution is 2.66. The van der Waals surface area contributed by atoms with Crippen LogP contribution in [0, 0.1) is 34.5 Å². The molecule has 3 N–H and O–H groups in total. The SMILES string of the molecule is C[C@]12C[C@H](O)[C@H]3[C@@H](CCC4=CC(=O)CC[C@@]43C)[C@@H]1CC[C@@H]2C(=O)C(O)O. The molecule has 0 aliphatic heterocycles. The Morgan fingerprint density at radius 1 is 1.19 bits per heavy atom. The summed E-state index contributed by atoms with van der Waals surface area (Å²) in [6.45, 7) is 4.27. The van der Waals surface area contributed by atoms with Gasteiger partial charge >= 0.3 is 0 Å². The summed E-state index contributed by atoms with van der Waals surface area (Å²) >= 11 is 0. The summed E-state index contributed by atoms with van der Waals surface area (Å²) in [5.74, 6) is 0.0933. The standard InChI is InChI=1S/C21H30O5/c1-20-8-7-12(22)9-11(20)3-4-13-14-5-6-15(18(24)19(25)26)21(14,2)10-16(23)17(13)20/h9,13-17,19,23,25-26H,3-8,10H2,1-2H3/t13-,14-,15+,16-,17+,20-,21-/m0/s1. The molecular weight excluding hydrogens is 332 g/mol. The van der Waals surface area contributed by atoms with Gasteiger partial charge in [-0.3, -0.25) is 9.59 Å². The fraction of sp³-hybridized carbons (Fsp3) is 0.810. The van der Waals surface area contributed by atoms with Crippen molar-refractivity contribution in [2.75, 3.05) is 0 Å². The molecule has 4 aliphatic rings. The molecular formula is C21H30O5. The van der Waals surface area contributed by atoms with Gasteiger partial charge in [-0.1, -0.05) is 19.4 Å². The average molecular weight is 362 g/mol. The van der Waals surface area contributed by atoms with Crippen molar-refractivity contribution in [3.05, 3.63) is 11.6 Å². The Kier molecular flexibility index (Phi) is 4.22. The third-order valence-corrected chi connectivity index (χ3v) is 8.49. The van der Waals surface area contributed by atoms with Gasteiger partial charge in [0.2, 0.25) is 6.29 Å². The van der Waals surface area contributed by atoms with Crippen LogP contribution in [0.15, 0.2) is 11.6 Å². The number of ketones is 2. The second-order valence-electron chi connectivity index (χ2n) is 9.57. The third-order valence-electron chi connectivity index (χ3n) is 8.49. The molecule has 0 unspecified atom stereocenters. The third kappa shape index (κ3) is 2.40. The molecule has 0 aromatic rings. The van der Waals surface area contributed by atoms with Gasteiger partial charge in [0, 0.05) is 12.3 Å². The molecule has 0 aromatic carbocycles. The maximum absolute atomic E-state index is 12.4. The summed E-state index contributed by atoms with van der Waals surface area (Å²) < 4.78 is 0. The number of allylic oxidation sites excluding steroid dienone is 1. The number of carbonyl (C=O) groups excluding carboxylic acids is 2. The first-order chi connectivity index (χ1) is 12.2. The molecule has 0 spiro atoms. The van der Waals surface area contributed by atoms with Crippen molar-refractivity contribution in [2.45, 2.75) is 71.2 Å². The first-order valence-corrected chi connectivity index (χ1v) is 10.0. The molecule has 0 radical (unpaired) electrons. The van der Waals surface area contributed by atoms with Gasteiger partial charge in [0.1, 0.15) is 0 Å². The molecule has 0 saturated heterocycles. The Balaban J connectivity index is 1.69. The fourth-order valence-corrected chi connectivity index (χ4v) is 7.33. The van der Waals surface area contributed by atoms with E-state index >= 15 is 0 Å². The molecule has 0 bridgehead atoms. The smallest absolute Gasteiger partial charge is 0.213 e. The highest BCUT2D eigenvalue weighted by Gasteiger charge is 2.63. The average Bonchev–Trinajstić information content (AvgIpc) is 2.90. The number of fused-ring (bicyclic) bond motifs is 5.